The van der Waals surface area contributed by atoms with Crippen LogP contribution in [0.15, 0.2) is 15.3 Å². The molecule has 1 atom stereocenters. The lowest BCUT2D eigenvalue weighted by atomic mass is 9.81. The topological polar surface area (TPSA) is 74.9 Å². The van der Waals surface area contributed by atoms with Crippen molar-refractivity contribution in [2.24, 2.45) is 5.92 Å². The highest BCUT2D eigenvalue weighted by Crippen LogP contribution is 2.54. The Morgan fingerprint density at radius 1 is 1.11 bits per heavy atom. The summed E-state index contributed by atoms with van der Waals surface area (Å²) in [6, 6.07) is 2.55. The van der Waals surface area contributed by atoms with E-state index in [0.29, 0.717) is 35.9 Å². The first kappa shape index (κ1) is 25.3. The normalized spacial score (nSPS) is 25.4. The van der Waals surface area contributed by atoms with Crippen LogP contribution in [0.5, 0.6) is 11.5 Å². The molecule has 0 radical (unpaired) electrons. The van der Waals surface area contributed by atoms with E-state index in [1.54, 1.807) is 4.90 Å². The van der Waals surface area contributed by atoms with Crippen LogP contribution in [-0.4, -0.2) is 53.2 Å². The van der Waals surface area contributed by atoms with Gasteiger partial charge < -0.3 is 24.3 Å². The number of carbonyl (C=O) groups is 1. The largest absolute Gasteiger partial charge is 0.448 e. The average molecular weight is 559 g/mol. The van der Waals surface area contributed by atoms with Crippen LogP contribution < -0.4 is 15.0 Å². The molecule has 1 amide bonds. The second-order valence-electron chi connectivity index (χ2n) is 11.1. The summed E-state index contributed by atoms with van der Waals surface area (Å²) in [5, 5.41) is 0. The van der Waals surface area contributed by atoms with Crippen molar-refractivity contribution in [2.75, 3.05) is 20.6 Å². The van der Waals surface area contributed by atoms with E-state index in [0.717, 1.165) is 58.3 Å². The summed E-state index contributed by atoms with van der Waals surface area (Å²) in [6.45, 7) is 8.62. The van der Waals surface area contributed by atoms with Gasteiger partial charge in [0.15, 0.2) is 11.5 Å². The summed E-state index contributed by atoms with van der Waals surface area (Å²) < 4.78 is 13.9. The second-order valence-corrected chi connectivity index (χ2v) is 11.9. The van der Waals surface area contributed by atoms with E-state index in [-0.39, 0.29) is 23.9 Å². The number of rotatable bonds is 4. The Kier molecular flexibility index (Phi) is 6.48. The molecule has 1 N–H and O–H groups in total. The number of pyridine rings is 1. The van der Waals surface area contributed by atoms with Crippen LogP contribution in [-0.2, 0) is 13.0 Å². The van der Waals surface area contributed by atoms with Crippen molar-refractivity contribution in [1.29, 1.82) is 0 Å². The van der Waals surface area contributed by atoms with Crippen molar-refractivity contribution in [3.05, 3.63) is 54.4 Å². The zero-order chi connectivity index (χ0) is 25.9. The molecular weight excluding hydrogens is 522 g/mol. The third-order valence-electron chi connectivity index (χ3n) is 8.44. The fourth-order valence-corrected chi connectivity index (χ4v) is 6.89. The van der Waals surface area contributed by atoms with Gasteiger partial charge in [-0.1, -0.05) is 0 Å². The monoisotopic (exact) mass is 557 g/mol. The molecule has 1 aromatic heterocycles. The number of nitrogens with one attached hydrogen (secondary N) is 1. The van der Waals surface area contributed by atoms with Gasteiger partial charge in [-0.2, -0.15) is 0 Å². The minimum Gasteiger partial charge on any atom is -0.448 e. The summed E-state index contributed by atoms with van der Waals surface area (Å²) in [5.41, 5.74) is 4.67. The van der Waals surface area contributed by atoms with Gasteiger partial charge in [-0.05, 0) is 100 Å². The Bertz CT molecular complexity index is 1280. The molecule has 0 bridgehead atoms. The number of fused-ring (bicyclic) bond motifs is 2. The van der Waals surface area contributed by atoms with E-state index < -0.39 is 5.79 Å². The minimum absolute atomic E-state index is 0.0691. The zero-order valence-corrected chi connectivity index (χ0v) is 23.7. The predicted octanol–water partition coefficient (Wildman–Crippen LogP) is 4.87. The van der Waals surface area contributed by atoms with Gasteiger partial charge in [0.05, 0.1) is 16.6 Å². The fourth-order valence-electron chi connectivity index (χ4n) is 6.23. The number of halogens is 1. The van der Waals surface area contributed by atoms with Crippen LogP contribution in [0, 0.1) is 26.7 Å². The number of carbonyl (C=O) groups excluding carboxylic acids is 1. The molecule has 7 nitrogen and oxygen atoms in total. The molecule has 194 valence electrons. The zero-order valence-electron chi connectivity index (χ0n) is 22.1. The Morgan fingerprint density at radius 3 is 2.42 bits per heavy atom. The quantitative estimate of drug-likeness (QED) is 0.580. The molecule has 3 heterocycles. The third-order valence-corrected chi connectivity index (χ3v) is 9.28. The SMILES string of the molecule is Cc1cc(C)c(CN2CCc3c(Br)c4c(c(C)c3C2=O)OC(C)(C2CCC(N(C)C)CC2)O4)c(=O)[nH]1. The van der Waals surface area contributed by atoms with Crippen molar-refractivity contribution in [3.8, 4) is 11.5 Å². The van der Waals surface area contributed by atoms with Gasteiger partial charge in [-0.15, -0.1) is 0 Å². The van der Waals surface area contributed by atoms with Gasteiger partial charge >= 0.3 is 0 Å². The molecule has 1 unspecified atom stereocenters. The van der Waals surface area contributed by atoms with E-state index in [9.17, 15) is 9.59 Å². The molecule has 0 spiro atoms. The van der Waals surface area contributed by atoms with Crippen molar-refractivity contribution in [2.45, 2.75) is 78.2 Å². The highest BCUT2D eigenvalue weighted by molar-refractivity contribution is 9.10. The van der Waals surface area contributed by atoms with E-state index in [1.807, 2.05) is 33.8 Å². The summed E-state index contributed by atoms with van der Waals surface area (Å²) in [6.07, 6.45) is 5.02. The number of aromatic amines is 1. The Labute approximate surface area is 221 Å². The van der Waals surface area contributed by atoms with Crippen LogP contribution >= 0.6 is 15.9 Å². The van der Waals surface area contributed by atoms with Crippen molar-refractivity contribution in [3.63, 3.8) is 0 Å². The summed E-state index contributed by atoms with van der Waals surface area (Å²) in [5.74, 6) is 0.854. The molecule has 36 heavy (non-hydrogen) atoms. The number of aromatic nitrogens is 1. The lowest BCUT2D eigenvalue weighted by Gasteiger charge is -2.39. The number of benzene rings is 1. The highest BCUT2D eigenvalue weighted by Gasteiger charge is 2.48. The van der Waals surface area contributed by atoms with Gasteiger partial charge in [-0.25, -0.2) is 0 Å². The number of aryl methyl sites for hydroxylation is 2. The van der Waals surface area contributed by atoms with Crippen LogP contribution in [0.3, 0.4) is 0 Å². The molecule has 1 aliphatic carbocycles. The fraction of sp³-hybridized carbons (Fsp3) is 0.571. The van der Waals surface area contributed by atoms with E-state index in [4.69, 9.17) is 9.47 Å². The Balaban J connectivity index is 1.43. The molecule has 2 aromatic rings. The second kappa shape index (κ2) is 9.21. The van der Waals surface area contributed by atoms with E-state index in [2.05, 4.69) is 39.9 Å². The lowest BCUT2D eigenvalue weighted by Crippen LogP contribution is -2.46. The lowest BCUT2D eigenvalue weighted by molar-refractivity contribution is -0.123. The molecule has 1 fully saturated rings. The Morgan fingerprint density at radius 2 is 1.78 bits per heavy atom. The maximum Gasteiger partial charge on any atom is 0.254 e. The molecule has 3 aliphatic rings. The highest BCUT2D eigenvalue weighted by atomic mass is 79.9. The molecular formula is C28H36BrN3O4. The number of hydrogen-bond donors (Lipinski definition) is 1. The van der Waals surface area contributed by atoms with Gasteiger partial charge in [0.2, 0.25) is 0 Å². The number of ether oxygens (including phenoxy) is 2. The maximum absolute atomic E-state index is 13.7. The van der Waals surface area contributed by atoms with E-state index >= 15 is 0 Å². The van der Waals surface area contributed by atoms with Crippen LogP contribution in [0.25, 0.3) is 0 Å². The molecule has 5 rings (SSSR count). The Hall–Kier alpha value is -2.32. The minimum atomic E-state index is -0.744. The third kappa shape index (κ3) is 4.16. The molecule has 1 aromatic carbocycles. The number of hydrogen-bond acceptors (Lipinski definition) is 5. The summed E-state index contributed by atoms with van der Waals surface area (Å²) in [4.78, 5) is 33.3. The van der Waals surface area contributed by atoms with E-state index in [1.165, 1.54) is 0 Å². The van der Waals surface area contributed by atoms with Crippen molar-refractivity contribution >= 4 is 21.8 Å². The molecule has 8 heteroatoms. The van der Waals surface area contributed by atoms with Crippen LogP contribution in [0.2, 0.25) is 0 Å². The van der Waals surface area contributed by atoms with Gasteiger partial charge in [0.1, 0.15) is 0 Å². The first-order chi connectivity index (χ1) is 17.0. The van der Waals surface area contributed by atoms with Gasteiger partial charge in [0, 0.05) is 42.2 Å². The maximum atomic E-state index is 13.7. The van der Waals surface area contributed by atoms with Crippen molar-refractivity contribution in [1.82, 2.24) is 14.8 Å². The first-order valence-corrected chi connectivity index (χ1v) is 13.7. The summed E-state index contributed by atoms with van der Waals surface area (Å²) in [7, 11) is 4.29. The molecule has 2 aliphatic heterocycles. The van der Waals surface area contributed by atoms with Gasteiger partial charge in [-0.3, -0.25) is 9.59 Å². The van der Waals surface area contributed by atoms with Crippen molar-refractivity contribution < 1.29 is 14.3 Å². The van der Waals surface area contributed by atoms with Crippen LogP contribution in [0.1, 0.15) is 70.9 Å². The van der Waals surface area contributed by atoms with Gasteiger partial charge in [0.25, 0.3) is 17.3 Å². The summed E-state index contributed by atoms with van der Waals surface area (Å²) >= 11 is 3.76. The molecule has 0 saturated heterocycles. The number of amides is 1. The standard InChI is InChI=1S/C28H36BrN3O4/c1-15-13-16(2)30-26(33)21(15)14-32-12-11-20-22(27(32)34)17(3)24-25(23(20)29)36-28(4,35-24)18-7-9-19(10-8-18)31(5)6/h13,18-19H,7-12,14H2,1-6H3,(H,30,33). The predicted molar refractivity (Wildman–Crippen MR) is 143 cm³/mol. The average Bonchev–Trinajstić information content (AvgIpc) is 3.20. The number of nitrogens with zero attached hydrogens (tertiary/aromatic N) is 2. The number of H-pyrrole nitrogens is 1. The first-order valence-electron chi connectivity index (χ1n) is 12.9. The van der Waals surface area contributed by atoms with Crippen LogP contribution in [0.4, 0.5) is 0 Å². The molecule has 1 saturated carbocycles. The smallest absolute Gasteiger partial charge is 0.254 e.